The van der Waals surface area contributed by atoms with E-state index in [0.29, 0.717) is 0 Å². The summed E-state index contributed by atoms with van der Waals surface area (Å²) in [6.07, 6.45) is 16.1. The first-order valence-corrected chi connectivity index (χ1v) is 10.4. The van der Waals surface area contributed by atoms with Gasteiger partial charge in [0.15, 0.2) is 0 Å². The summed E-state index contributed by atoms with van der Waals surface area (Å²) in [5.41, 5.74) is 0. The van der Waals surface area contributed by atoms with Crippen LogP contribution >= 0.6 is 0 Å². The third-order valence-electron chi connectivity index (χ3n) is 3.02. The minimum absolute atomic E-state index is 1.15. The number of aromatic nitrogens is 2. The van der Waals surface area contributed by atoms with Crippen molar-refractivity contribution in [2.75, 3.05) is 0 Å². The zero-order chi connectivity index (χ0) is 18.6. The Morgan fingerprint density at radius 1 is 0.958 bits per heavy atom. The van der Waals surface area contributed by atoms with Crippen molar-refractivity contribution in [2.24, 2.45) is 7.05 Å². The topological polar surface area (TPSA) is 91.2 Å². The lowest BCUT2D eigenvalue weighted by molar-refractivity contribution is -0.671. The van der Waals surface area contributed by atoms with Gasteiger partial charge in [0.05, 0.1) is 13.6 Å². The summed E-state index contributed by atoms with van der Waals surface area (Å²) in [5.74, 6) is 0. The van der Waals surface area contributed by atoms with Crippen LogP contribution in [0, 0.1) is 0 Å². The molecular formula is C13H25F2N3O4S2. The van der Waals surface area contributed by atoms with Crippen molar-refractivity contribution in [3.8, 4) is 0 Å². The van der Waals surface area contributed by atoms with Gasteiger partial charge in [-0.3, -0.25) is 0 Å². The predicted molar refractivity (Wildman–Crippen MR) is 87.0 cm³/mol. The molecule has 0 saturated carbocycles. The number of hydrogen-bond acceptors (Lipinski definition) is 4. The molecule has 24 heavy (non-hydrogen) atoms. The van der Waals surface area contributed by atoms with Crippen LogP contribution in [0.3, 0.4) is 0 Å². The minimum atomic E-state index is -5.62. The monoisotopic (exact) mass is 389 g/mol. The standard InChI is InChI=1S/C13H25N2.F2NO4S2/c1-3-4-5-6-7-8-9-10-15-12-11-14(2)13-15;1-8(4,5)3-9(2,6)7/h11-13H,3-10H2,1-2H3;/q+1;-1. The number of aryl methyl sites for hydroxylation is 2. The van der Waals surface area contributed by atoms with E-state index in [4.69, 9.17) is 0 Å². The van der Waals surface area contributed by atoms with Gasteiger partial charge in [-0.2, -0.15) is 0 Å². The Morgan fingerprint density at radius 3 is 1.83 bits per heavy atom. The molecule has 0 aliphatic carbocycles. The van der Waals surface area contributed by atoms with Gasteiger partial charge < -0.3 is 4.13 Å². The molecule has 0 spiro atoms. The molecule has 0 amide bonds. The van der Waals surface area contributed by atoms with Gasteiger partial charge in [0.2, 0.25) is 27.1 Å². The largest absolute Gasteiger partial charge is 0.379 e. The predicted octanol–water partition coefficient (Wildman–Crippen LogP) is 2.85. The third kappa shape index (κ3) is 15.8. The third-order valence-corrected chi connectivity index (χ3v) is 4.45. The van der Waals surface area contributed by atoms with E-state index in [1.807, 2.05) is 0 Å². The molecule has 1 aromatic heterocycles. The highest BCUT2D eigenvalue weighted by molar-refractivity contribution is 8.07. The highest BCUT2D eigenvalue weighted by Gasteiger charge is 2.01. The summed E-state index contributed by atoms with van der Waals surface area (Å²) >= 11 is 0. The SMILES string of the molecule is CCCCCCCCCn1cc[n+](C)c1.O=S(=O)(F)[N-]S(=O)(=O)F. The Labute approximate surface area is 143 Å². The van der Waals surface area contributed by atoms with Gasteiger partial charge in [-0.15, -0.1) is 7.77 Å². The van der Waals surface area contributed by atoms with E-state index in [1.54, 1.807) is 0 Å². The maximum absolute atomic E-state index is 11.1. The van der Waals surface area contributed by atoms with E-state index < -0.39 is 20.8 Å². The number of hydrogen-bond donors (Lipinski definition) is 0. The lowest BCUT2D eigenvalue weighted by Crippen LogP contribution is -2.23. The lowest BCUT2D eigenvalue weighted by atomic mass is 10.1. The van der Waals surface area contributed by atoms with Gasteiger partial charge in [-0.25, -0.2) is 26.0 Å². The fraction of sp³-hybridized carbons (Fsp3) is 0.769. The van der Waals surface area contributed by atoms with E-state index in [-0.39, 0.29) is 0 Å². The zero-order valence-electron chi connectivity index (χ0n) is 13.9. The van der Waals surface area contributed by atoms with Crippen LogP contribution in [0.2, 0.25) is 0 Å². The van der Waals surface area contributed by atoms with Crippen molar-refractivity contribution >= 4 is 20.8 Å². The molecule has 1 rings (SSSR count). The van der Waals surface area contributed by atoms with Crippen molar-refractivity contribution < 1.29 is 29.2 Å². The van der Waals surface area contributed by atoms with Crippen LogP contribution in [0.1, 0.15) is 51.9 Å². The number of halogens is 2. The maximum atomic E-state index is 11.1. The van der Waals surface area contributed by atoms with Crippen molar-refractivity contribution in [3.05, 3.63) is 22.8 Å². The van der Waals surface area contributed by atoms with Crippen LogP contribution in [0.15, 0.2) is 18.7 Å². The molecule has 0 aliphatic rings. The molecule has 0 aliphatic heterocycles. The second-order valence-electron chi connectivity index (χ2n) is 5.34. The number of unbranched alkanes of at least 4 members (excludes halogenated alkanes) is 6. The van der Waals surface area contributed by atoms with Crippen molar-refractivity contribution in [3.63, 3.8) is 0 Å². The molecule has 0 N–H and O–H groups in total. The highest BCUT2D eigenvalue weighted by atomic mass is 32.3. The van der Waals surface area contributed by atoms with E-state index in [9.17, 15) is 24.6 Å². The summed E-state index contributed by atoms with van der Waals surface area (Å²) in [5, 5.41) is 0. The van der Waals surface area contributed by atoms with Crippen LogP contribution in [0.5, 0.6) is 0 Å². The van der Waals surface area contributed by atoms with Gasteiger partial charge in [-0.05, 0) is 12.8 Å². The second-order valence-corrected chi connectivity index (χ2v) is 7.58. The van der Waals surface area contributed by atoms with Crippen molar-refractivity contribution in [1.82, 2.24) is 4.57 Å². The zero-order valence-corrected chi connectivity index (χ0v) is 15.6. The summed E-state index contributed by atoms with van der Waals surface area (Å²) in [4.78, 5) is 0. The Balaban J connectivity index is 0.000000506. The fourth-order valence-electron chi connectivity index (χ4n) is 1.99. The molecule has 0 radical (unpaired) electrons. The highest BCUT2D eigenvalue weighted by Crippen LogP contribution is 2.11. The molecule has 7 nitrogen and oxygen atoms in total. The number of rotatable bonds is 10. The fourth-order valence-corrected chi connectivity index (χ4v) is 2.84. The van der Waals surface area contributed by atoms with Crippen molar-refractivity contribution in [2.45, 2.75) is 58.4 Å². The summed E-state index contributed by atoms with van der Waals surface area (Å²) in [7, 11) is -9.17. The normalized spacial score (nSPS) is 11.8. The smallest absolute Gasteiger partial charge is 0.243 e. The van der Waals surface area contributed by atoms with Gasteiger partial charge in [-0.1, -0.05) is 39.0 Å². The average Bonchev–Trinajstić information content (AvgIpc) is 2.80. The van der Waals surface area contributed by atoms with Gasteiger partial charge in [0.25, 0.3) is 0 Å². The molecule has 142 valence electrons. The van der Waals surface area contributed by atoms with Crippen LogP contribution < -0.4 is 4.57 Å². The molecule has 0 unspecified atom stereocenters. The van der Waals surface area contributed by atoms with E-state index in [2.05, 4.69) is 41.8 Å². The van der Waals surface area contributed by atoms with Gasteiger partial charge >= 0.3 is 0 Å². The maximum Gasteiger partial charge on any atom is 0.243 e. The molecule has 0 aromatic carbocycles. The number of nitrogens with zero attached hydrogens (tertiary/aromatic N) is 3. The molecule has 0 atom stereocenters. The first-order chi connectivity index (χ1) is 11.0. The lowest BCUT2D eigenvalue weighted by Gasteiger charge is -2.03. The second kappa shape index (κ2) is 11.5. The molecule has 1 aromatic rings. The van der Waals surface area contributed by atoms with Crippen LogP contribution in [0.25, 0.3) is 4.13 Å². The van der Waals surface area contributed by atoms with E-state index >= 15 is 0 Å². The number of imidazole rings is 1. The Hall–Kier alpha value is -1.07. The average molecular weight is 389 g/mol. The summed E-state index contributed by atoms with van der Waals surface area (Å²) in [6, 6.07) is 0. The molecular weight excluding hydrogens is 364 g/mol. The Morgan fingerprint density at radius 2 is 1.46 bits per heavy atom. The molecule has 1 heterocycles. The van der Waals surface area contributed by atoms with Gasteiger partial charge in [0, 0.05) is 0 Å². The Kier molecular flexibility index (Phi) is 11.0. The molecule has 0 saturated heterocycles. The van der Waals surface area contributed by atoms with E-state index in [0.717, 1.165) is 4.13 Å². The van der Waals surface area contributed by atoms with E-state index in [1.165, 1.54) is 51.5 Å². The van der Waals surface area contributed by atoms with Crippen LogP contribution in [-0.4, -0.2) is 21.4 Å². The molecule has 0 fully saturated rings. The van der Waals surface area contributed by atoms with Crippen LogP contribution in [0.4, 0.5) is 7.77 Å². The first kappa shape index (κ1) is 22.9. The van der Waals surface area contributed by atoms with Gasteiger partial charge in [0.1, 0.15) is 12.4 Å². The summed E-state index contributed by atoms with van der Waals surface area (Å²) in [6.45, 7) is 3.45. The van der Waals surface area contributed by atoms with Crippen molar-refractivity contribution in [1.29, 1.82) is 0 Å². The Bertz CT molecular complexity index is 631. The molecule has 0 bridgehead atoms. The first-order valence-electron chi connectivity index (χ1n) is 7.68. The minimum Gasteiger partial charge on any atom is -0.379 e. The summed E-state index contributed by atoms with van der Waals surface area (Å²) < 4.78 is 64.4. The molecule has 11 heteroatoms. The quantitative estimate of drug-likeness (QED) is 0.349. The van der Waals surface area contributed by atoms with Crippen LogP contribution in [-0.2, 0) is 34.4 Å².